The second kappa shape index (κ2) is 9.61. The van der Waals surface area contributed by atoms with Gasteiger partial charge < -0.3 is 14.4 Å². The van der Waals surface area contributed by atoms with Crippen molar-refractivity contribution in [1.29, 1.82) is 0 Å². The van der Waals surface area contributed by atoms with E-state index < -0.39 is 4.92 Å². The molecule has 0 N–H and O–H groups in total. The number of halogens is 2. The van der Waals surface area contributed by atoms with E-state index in [4.69, 9.17) is 32.7 Å². The number of carbonyl (C=O) groups excluding carboxylic acids is 1. The SMILES string of the molecule is CCCOc1c(Cl)cc(C(=O)N(C)Cc2cc([N+](=O)[O-])ccc2Cl)cc1OC. The Morgan fingerprint density at radius 3 is 2.54 bits per heavy atom. The Morgan fingerprint density at radius 1 is 1.21 bits per heavy atom. The van der Waals surface area contributed by atoms with E-state index in [2.05, 4.69) is 0 Å². The molecule has 150 valence electrons. The number of methoxy groups -OCH3 is 1. The maximum absolute atomic E-state index is 12.8. The molecule has 28 heavy (non-hydrogen) atoms. The maximum atomic E-state index is 12.8. The lowest BCUT2D eigenvalue weighted by atomic mass is 10.1. The first-order valence-electron chi connectivity index (χ1n) is 8.47. The normalized spacial score (nSPS) is 10.5. The van der Waals surface area contributed by atoms with Crippen LogP contribution in [0.25, 0.3) is 0 Å². The van der Waals surface area contributed by atoms with E-state index in [0.717, 1.165) is 6.42 Å². The molecular weight excluding hydrogens is 407 g/mol. The number of nitrogens with zero attached hydrogens (tertiary/aromatic N) is 2. The summed E-state index contributed by atoms with van der Waals surface area (Å²) < 4.78 is 10.9. The van der Waals surface area contributed by atoms with Crippen molar-refractivity contribution in [2.75, 3.05) is 20.8 Å². The van der Waals surface area contributed by atoms with E-state index in [0.29, 0.717) is 34.3 Å². The van der Waals surface area contributed by atoms with Crippen LogP contribution < -0.4 is 9.47 Å². The molecule has 0 radical (unpaired) electrons. The minimum Gasteiger partial charge on any atom is -0.493 e. The van der Waals surface area contributed by atoms with Crippen molar-refractivity contribution in [3.05, 3.63) is 61.6 Å². The summed E-state index contributed by atoms with van der Waals surface area (Å²) in [6.07, 6.45) is 0.798. The van der Waals surface area contributed by atoms with Gasteiger partial charge in [0.2, 0.25) is 0 Å². The van der Waals surface area contributed by atoms with Gasteiger partial charge in [-0.2, -0.15) is 0 Å². The van der Waals surface area contributed by atoms with Crippen LogP contribution in [0.1, 0.15) is 29.3 Å². The first kappa shape index (κ1) is 21.8. The van der Waals surface area contributed by atoms with Crippen LogP contribution in [-0.2, 0) is 6.54 Å². The van der Waals surface area contributed by atoms with Gasteiger partial charge in [0.1, 0.15) is 0 Å². The van der Waals surface area contributed by atoms with Gasteiger partial charge in [-0.15, -0.1) is 0 Å². The van der Waals surface area contributed by atoms with Crippen molar-refractivity contribution in [3.8, 4) is 11.5 Å². The molecule has 7 nitrogen and oxygen atoms in total. The zero-order valence-electron chi connectivity index (χ0n) is 15.7. The van der Waals surface area contributed by atoms with Crippen LogP contribution >= 0.6 is 23.2 Å². The number of nitro groups is 1. The Labute approximate surface area is 172 Å². The van der Waals surface area contributed by atoms with Crippen molar-refractivity contribution < 1.29 is 19.2 Å². The highest BCUT2D eigenvalue weighted by molar-refractivity contribution is 6.32. The van der Waals surface area contributed by atoms with Crippen LogP contribution in [0.3, 0.4) is 0 Å². The molecule has 9 heteroatoms. The number of carbonyl (C=O) groups is 1. The van der Waals surface area contributed by atoms with Gasteiger partial charge in [0.25, 0.3) is 11.6 Å². The monoisotopic (exact) mass is 426 g/mol. The summed E-state index contributed by atoms with van der Waals surface area (Å²) in [6, 6.07) is 7.15. The Morgan fingerprint density at radius 2 is 1.93 bits per heavy atom. The van der Waals surface area contributed by atoms with Crippen LogP contribution in [-0.4, -0.2) is 36.5 Å². The van der Waals surface area contributed by atoms with E-state index in [9.17, 15) is 14.9 Å². The molecule has 0 aliphatic rings. The number of nitro benzene ring substituents is 1. The van der Waals surface area contributed by atoms with E-state index >= 15 is 0 Å². The van der Waals surface area contributed by atoms with Gasteiger partial charge in [0.05, 0.1) is 23.7 Å². The van der Waals surface area contributed by atoms with Crippen LogP contribution in [0.2, 0.25) is 10.0 Å². The number of hydrogen-bond acceptors (Lipinski definition) is 5. The molecule has 0 aliphatic carbocycles. The number of rotatable bonds is 8. The zero-order chi connectivity index (χ0) is 20.8. The number of benzene rings is 2. The Hall–Kier alpha value is -2.51. The summed E-state index contributed by atoms with van der Waals surface area (Å²) in [7, 11) is 3.03. The smallest absolute Gasteiger partial charge is 0.269 e. The third kappa shape index (κ3) is 5.05. The molecule has 0 heterocycles. The highest BCUT2D eigenvalue weighted by Gasteiger charge is 2.20. The first-order chi connectivity index (χ1) is 13.3. The van der Waals surface area contributed by atoms with E-state index in [-0.39, 0.29) is 23.2 Å². The molecule has 2 rings (SSSR count). The Kier molecular flexibility index (Phi) is 7.48. The largest absolute Gasteiger partial charge is 0.493 e. The second-order valence-electron chi connectivity index (χ2n) is 6.03. The minimum absolute atomic E-state index is 0.0906. The fourth-order valence-corrected chi connectivity index (χ4v) is 2.97. The maximum Gasteiger partial charge on any atom is 0.269 e. The van der Waals surface area contributed by atoms with Crippen LogP contribution in [0.4, 0.5) is 5.69 Å². The molecule has 0 saturated carbocycles. The van der Waals surface area contributed by atoms with E-state index in [1.165, 1.54) is 36.3 Å². The predicted molar refractivity (Wildman–Crippen MR) is 108 cm³/mol. The number of hydrogen-bond donors (Lipinski definition) is 0. The molecule has 0 saturated heterocycles. The molecule has 2 aromatic rings. The summed E-state index contributed by atoms with van der Waals surface area (Å²) in [5.74, 6) is 0.392. The van der Waals surface area contributed by atoms with E-state index in [1.807, 2.05) is 6.92 Å². The summed E-state index contributed by atoms with van der Waals surface area (Å²) in [6.45, 7) is 2.52. The minimum atomic E-state index is -0.513. The lowest BCUT2D eigenvalue weighted by Crippen LogP contribution is -2.26. The molecule has 0 aliphatic heterocycles. The second-order valence-corrected chi connectivity index (χ2v) is 6.85. The summed E-state index contributed by atoms with van der Waals surface area (Å²) in [4.78, 5) is 24.7. The number of amides is 1. The van der Waals surface area contributed by atoms with Gasteiger partial charge in [-0.3, -0.25) is 14.9 Å². The van der Waals surface area contributed by atoms with Crippen molar-refractivity contribution in [3.63, 3.8) is 0 Å². The molecule has 0 fully saturated rings. The molecule has 0 unspecified atom stereocenters. The molecule has 2 aromatic carbocycles. The first-order valence-corrected chi connectivity index (χ1v) is 9.22. The highest BCUT2D eigenvalue weighted by Crippen LogP contribution is 2.37. The average Bonchev–Trinajstić information content (AvgIpc) is 2.67. The molecule has 0 spiro atoms. The third-order valence-electron chi connectivity index (χ3n) is 3.92. The summed E-state index contributed by atoms with van der Waals surface area (Å²) in [5.41, 5.74) is 0.671. The Bertz CT molecular complexity index is 889. The fraction of sp³-hybridized carbons (Fsp3) is 0.316. The molecule has 0 atom stereocenters. The van der Waals surface area contributed by atoms with Gasteiger partial charge in [-0.1, -0.05) is 30.1 Å². The summed E-state index contributed by atoms with van der Waals surface area (Å²) in [5, 5.41) is 11.6. The fourth-order valence-electron chi connectivity index (χ4n) is 2.53. The van der Waals surface area contributed by atoms with Gasteiger partial charge in [0, 0.05) is 36.3 Å². The van der Waals surface area contributed by atoms with Crippen LogP contribution in [0, 0.1) is 10.1 Å². The van der Waals surface area contributed by atoms with Gasteiger partial charge >= 0.3 is 0 Å². The van der Waals surface area contributed by atoms with E-state index in [1.54, 1.807) is 13.1 Å². The highest BCUT2D eigenvalue weighted by atomic mass is 35.5. The van der Waals surface area contributed by atoms with Gasteiger partial charge in [-0.05, 0) is 30.2 Å². The van der Waals surface area contributed by atoms with Crippen molar-refractivity contribution in [2.24, 2.45) is 0 Å². The van der Waals surface area contributed by atoms with Crippen LogP contribution in [0.5, 0.6) is 11.5 Å². The average molecular weight is 427 g/mol. The topological polar surface area (TPSA) is 81.9 Å². The van der Waals surface area contributed by atoms with Crippen molar-refractivity contribution >= 4 is 34.8 Å². The number of ether oxygens (including phenoxy) is 2. The molecule has 1 amide bonds. The van der Waals surface area contributed by atoms with Crippen molar-refractivity contribution in [1.82, 2.24) is 4.90 Å². The quantitative estimate of drug-likeness (QED) is 0.439. The lowest BCUT2D eigenvalue weighted by molar-refractivity contribution is -0.384. The lowest BCUT2D eigenvalue weighted by Gasteiger charge is -2.19. The third-order valence-corrected chi connectivity index (χ3v) is 4.57. The standard InChI is InChI=1S/C19H20Cl2N2O5/c1-4-7-28-18-16(21)9-12(10-17(18)27-3)19(24)22(2)11-13-8-14(23(25)26)5-6-15(13)20/h5-6,8-10H,4,7,11H2,1-3H3. The van der Waals surface area contributed by atoms with Gasteiger partial charge in [0.15, 0.2) is 11.5 Å². The predicted octanol–water partition coefficient (Wildman–Crippen LogP) is 4.97. The molecule has 0 aromatic heterocycles. The van der Waals surface area contributed by atoms with Crippen LogP contribution in [0.15, 0.2) is 30.3 Å². The van der Waals surface area contributed by atoms with Crippen molar-refractivity contribution in [2.45, 2.75) is 19.9 Å². The molecular formula is C19H20Cl2N2O5. The number of non-ortho nitro benzene ring substituents is 1. The zero-order valence-corrected chi connectivity index (χ0v) is 17.2. The summed E-state index contributed by atoms with van der Waals surface area (Å²) >= 11 is 12.4. The Balaban J connectivity index is 2.27. The molecule has 0 bridgehead atoms. The van der Waals surface area contributed by atoms with Gasteiger partial charge in [-0.25, -0.2) is 0 Å².